The highest BCUT2D eigenvalue weighted by molar-refractivity contribution is 6.04. The molecule has 0 aromatic heterocycles. The van der Waals surface area contributed by atoms with Crippen LogP contribution in [0, 0.1) is 0 Å². The van der Waals surface area contributed by atoms with Gasteiger partial charge in [-0.25, -0.2) is 0 Å². The minimum absolute atomic E-state index is 0.153. The minimum Gasteiger partial charge on any atom is -0.493 e. The average molecular weight is 409 g/mol. The summed E-state index contributed by atoms with van der Waals surface area (Å²) in [6, 6.07) is 35.0. The fourth-order valence-electron chi connectivity index (χ4n) is 3.16. The molecule has 0 fully saturated rings. The minimum atomic E-state index is -0.153. The molecule has 1 amide bonds. The molecule has 0 saturated heterocycles. The van der Waals surface area contributed by atoms with Crippen molar-refractivity contribution in [3.63, 3.8) is 0 Å². The summed E-state index contributed by atoms with van der Waals surface area (Å²) in [5.74, 6) is 0.600. The highest BCUT2D eigenvalue weighted by Gasteiger charge is 2.07. The van der Waals surface area contributed by atoms with Crippen LogP contribution in [-0.4, -0.2) is 12.5 Å². The fourth-order valence-corrected chi connectivity index (χ4v) is 3.16. The predicted molar refractivity (Wildman–Crippen MR) is 126 cm³/mol. The van der Waals surface area contributed by atoms with Crippen LogP contribution in [0.3, 0.4) is 0 Å². The van der Waals surface area contributed by atoms with Crippen molar-refractivity contribution in [1.29, 1.82) is 0 Å². The quantitative estimate of drug-likeness (QED) is 0.359. The Bertz CT molecular complexity index is 1090. The fraction of sp³-hybridized carbons (Fsp3) is 0.0741. The summed E-state index contributed by atoms with van der Waals surface area (Å²) in [5, 5.41) is 6.25. The smallest absolute Gasteiger partial charge is 0.255 e. The van der Waals surface area contributed by atoms with E-state index < -0.39 is 0 Å². The van der Waals surface area contributed by atoms with E-state index in [0.717, 1.165) is 29.2 Å². The van der Waals surface area contributed by atoms with Crippen molar-refractivity contribution in [2.75, 3.05) is 17.2 Å². The molecule has 0 bridgehead atoms. The van der Waals surface area contributed by atoms with Gasteiger partial charge >= 0.3 is 0 Å². The maximum atomic E-state index is 12.5. The number of para-hydroxylation sites is 1. The Labute approximate surface area is 182 Å². The van der Waals surface area contributed by atoms with Gasteiger partial charge in [-0.2, -0.15) is 0 Å². The lowest BCUT2D eigenvalue weighted by atomic mass is 10.1. The van der Waals surface area contributed by atoms with Crippen LogP contribution in [0.2, 0.25) is 0 Å². The SMILES string of the molecule is O=C(Nc1ccc(Nc2ccccc2)cc1)c1ccc(OCCc2ccccc2)cc1. The first-order valence-corrected chi connectivity index (χ1v) is 10.3. The van der Waals surface area contributed by atoms with Crippen molar-refractivity contribution in [2.45, 2.75) is 6.42 Å². The largest absolute Gasteiger partial charge is 0.493 e. The molecule has 0 radical (unpaired) electrons. The Balaban J connectivity index is 1.28. The zero-order valence-electron chi connectivity index (χ0n) is 17.1. The van der Waals surface area contributed by atoms with E-state index in [1.807, 2.05) is 84.9 Å². The second kappa shape index (κ2) is 10.1. The molecule has 154 valence electrons. The van der Waals surface area contributed by atoms with Gasteiger partial charge in [-0.05, 0) is 66.2 Å². The number of ether oxygens (including phenoxy) is 1. The lowest BCUT2D eigenvalue weighted by Gasteiger charge is -2.10. The maximum Gasteiger partial charge on any atom is 0.255 e. The van der Waals surface area contributed by atoms with E-state index in [4.69, 9.17) is 4.74 Å². The molecule has 0 heterocycles. The summed E-state index contributed by atoms with van der Waals surface area (Å²) < 4.78 is 5.79. The highest BCUT2D eigenvalue weighted by atomic mass is 16.5. The van der Waals surface area contributed by atoms with E-state index in [1.54, 1.807) is 12.1 Å². The number of anilines is 3. The number of hydrogen-bond donors (Lipinski definition) is 2. The van der Waals surface area contributed by atoms with Gasteiger partial charge in [-0.1, -0.05) is 48.5 Å². The maximum absolute atomic E-state index is 12.5. The normalized spacial score (nSPS) is 10.3. The average Bonchev–Trinajstić information content (AvgIpc) is 2.82. The number of benzene rings is 4. The van der Waals surface area contributed by atoms with E-state index in [9.17, 15) is 4.79 Å². The van der Waals surface area contributed by atoms with Crippen LogP contribution in [0.1, 0.15) is 15.9 Å². The number of rotatable bonds is 8. The second-order valence-corrected chi connectivity index (χ2v) is 7.13. The summed E-state index contributed by atoms with van der Waals surface area (Å²) in [5.41, 5.74) is 4.55. The second-order valence-electron chi connectivity index (χ2n) is 7.13. The van der Waals surface area contributed by atoms with E-state index in [2.05, 4.69) is 22.8 Å². The van der Waals surface area contributed by atoms with Crippen LogP contribution in [0.25, 0.3) is 0 Å². The lowest BCUT2D eigenvalue weighted by molar-refractivity contribution is 0.102. The van der Waals surface area contributed by atoms with Crippen LogP contribution >= 0.6 is 0 Å². The van der Waals surface area contributed by atoms with E-state index in [1.165, 1.54) is 5.56 Å². The topological polar surface area (TPSA) is 50.4 Å². The first kappa shape index (κ1) is 20.2. The van der Waals surface area contributed by atoms with E-state index >= 15 is 0 Å². The molecule has 2 N–H and O–H groups in total. The molecular weight excluding hydrogens is 384 g/mol. The molecule has 0 atom stereocenters. The third kappa shape index (κ3) is 5.97. The Morgan fingerprint density at radius 1 is 0.645 bits per heavy atom. The Morgan fingerprint density at radius 3 is 1.90 bits per heavy atom. The van der Waals surface area contributed by atoms with Gasteiger partial charge in [-0.3, -0.25) is 4.79 Å². The summed E-state index contributed by atoms with van der Waals surface area (Å²) in [6.07, 6.45) is 0.845. The van der Waals surface area contributed by atoms with E-state index in [-0.39, 0.29) is 5.91 Å². The number of hydrogen-bond acceptors (Lipinski definition) is 3. The number of nitrogens with one attached hydrogen (secondary N) is 2. The van der Waals surface area contributed by atoms with Gasteiger partial charge in [0.1, 0.15) is 5.75 Å². The van der Waals surface area contributed by atoms with Gasteiger partial charge in [0.15, 0.2) is 0 Å². The van der Waals surface area contributed by atoms with E-state index in [0.29, 0.717) is 12.2 Å². The molecule has 0 aliphatic rings. The summed E-state index contributed by atoms with van der Waals surface area (Å²) >= 11 is 0. The Hall–Kier alpha value is -4.05. The van der Waals surface area contributed by atoms with Crippen molar-refractivity contribution in [1.82, 2.24) is 0 Å². The molecular formula is C27H24N2O2. The molecule has 4 heteroatoms. The standard InChI is InChI=1S/C27H24N2O2/c30-27(29-25-15-13-24(14-16-25)28-23-9-5-2-6-10-23)22-11-17-26(18-12-22)31-20-19-21-7-3-1-4-8-21/h1-18,28H,19-20H2,(H,29,30). The summed E-state index contributed by atoms with van der Waals surface area (Å²) in [7, 11) is 0. The van der Waals surface area contributed by atoms with Crippen molar-refractivity contribution >= 4 is 23.0 Å². The van der Waals surface area contributed by atoms with Crippen LogP contribution < -0.4 is 15.4 Å². The summed E-state index contributed by atoms with van der Waals surface area (Å²) in [4.78, 5) is 12.5. The van der Waals surface area contributed by atoms with Crippen molar-refractivity contribution < 1.29 is 9.53 Å². The van der Waals surface area contributed by atoms with Crippen LogP contribution in [0.5, 0.6) is 5.75 Å². The third-order valence-electron chi connectivity index (χ3n) is 4.82. The van der Waals surface area contributed by atoms with Gasteiger partial charge in [0.2, 0.25) is 0 Å². The monoisotopic (exact) mass is 408 g/mol. The molecule has 31 heavy (non-hydrogen) atoms. The van der Waals surface area contributed by atoms with Crippen molar-refractivity contribution in [2.24, 2.45) is 0 Å². The molecule has 0 spiro atoms. The van der Waals surface area contributed by atoms with Gasteiger partial charge in [-0.15, -0.1) is 0 Å². The van der Waals surface area contributed by atoms with Gasteiger partial charge in [0.05, 0.1) is 6.61 Å². The molecule has 0 saturated carbocycles. The third-order valence-corrected chi connectivity index (χ3v) is 4.82. The Kier molecular flexibility index (Phi) is 6.61. The summed E-state index contributed by atoms with van der Waals surface area (Å²) in [6.45, 7) is 0.596. The van der Waals surface area contributed by atoms with Gasteiger partial charge in [0, 0.05) is 29.0 Å². The lowest BCUT2D eigenvalue weighted by Crippen LogP contribution is -2.11. The van der Waals surface area contributed by atoms with Crippen molar-refractivity contribution in [3.8, 4) is 5.75 Å². The predicted octanol–water partition coefficient (Wildman–Crippen LogP) is 6.30. The molecule has 4 rings (SSSR count). The molecule has 0 aliphatic heterocycles. The molecule has 0 aliphatic carbocycles. The number of carbonyl (C=O) groups excluding carboxylic acids is 1. The Morgan fingerprint density at radius 2 is 1.23 bits per heavy atom. The first-order chi connectivity index (χ1) is 15.3. The molecule has 4 aromatic rings. The number of carbonyl (C=O) groups is 1. The van der Waals surface area contributed by atoms with Crippen LogP contribution in [-0.2, 0) is 6.42 Å². The number of amides is 1. The van der Waals surface area contributed by atoms with Gasteiger partial charge < -0.3 is 15.4 Å². The van der Waals surface area contributed by atoms with Crippen LogP contribution in [0.4, 0.5) is 17.1 Å². The molecule has 4 aromatic carbocycles. The van der Waals surface area contributed by atoms with Crippen molar-refractivity contribution in [3.05, 3.63) is 120 Å². The zero-order valence-corrected chi connectivity index (χ0v) is 17.1. The molecule has 0 unspecified atom stereocenters. The molecule has 4 nitrogen and oxygen atoms in total. The zero-order chi connectivity index (χ0) is 21.3. The van der Waals surface area contributed by atoms with Crippen LogP contribution in [0.15, 0.2) is 109 Å². The highest BCUT2D eigenvalue weighted by Crippen LogP contribution is 2.20. The first-order valence-electron chi connectivity index (χ1n) is 10.3. The van der Waals surface area contributed by atoms with Gasteiger partial charge in [0.25, 0.3) is 5.91 Å².